The number of rotatable bonds is 10. The zero-order chi connectivity index (χ0) is 50.0. The maximum Gasteiger partial charge on any atom is 0.354 e. The monoisotopic (exact) mass is 1060 g/mol. The van der Waals surface area contributed by atoms with Gasteiger partial charge in [0.25, 0.3) is 0 Å². The molecule has 8 aromatic rings. The molecule has 0 fully saturated rings. The number of esters is 4. The molecular formula is C46H42Br2N4O16. The van der Waals surface area contributed by atoms with Crippen LogP contribution in [0.4, 0.5) is 0 Å². The summed E-state index contributed by atoms with van der Waals surface area (Å²) in [5.74, 6) is -2.25. The van der Waals surface area contributed by atoms with Crippen LogP contribution >= 0.6 is 31.9 Å². The van der Waals surface area contributed by atoms with Gasteiger partial charge in [0.15, 0.2) is 6.29 Å². The van der Waals surface area contributed by atoms with E-state index in [1.165, 1.54) is 46.6 Å². The molecule has 22 heteroatoms. The summed E-state index contributed by atoms with van der Waals surface area (Å²) in [6.07, 6.45) is 1.14. The van der Waals surface area contributed by atoms with Crippen molar-refractivity contribution in [3.63, 3.8) is 0 Å². The predicted octanol–water partition coefficient (Wildman–Crippen LogP) is 6.35. The number of halogens is 2. The number of carbonyl (C=O) groups is 6. The minimum absolute atomic E-state index is 0.0143. The number of carbonyl (C=O) groups excluding carboxylic acids is 6. The second kappa shape index (κ2) is 22.9. The lowest BCUT2D eigenvalue weighted by atomic mass is 10.0. The van der Waals surface area contributed by atoms with Crippen LogP contribution in [0.25, 0.3) is 43.6 Å². The van der Waals surface area contributed by atoms with Crippen molar-refractivity contribution in [2.75, 3.05) is 28.4 Å². The van der Waals surface area contributed by atoms with Gasteiger partial charge in [-0.1, -0.05) is 15.9 Å². The molecule has 8 rings (SSSR count). The fourth-order valence-electron chi connectivity index (χ4n) is 6.68. The molecule has 0 unspecified atom stereocenters. The summed E-state index contributed by atoms with van der Waals surface area (Å²) in [5, 5.41) is 58.7. The Labute approximate surface area is 400 Å². The van der Waals surface area contributed by atoms with Crippen LogP contribution in [0.5, 0.6) is 11.5 Å². The normalized spacial score (nSPS) is 10.6. The molecule has 0 atom stereocenters. The third-order valence-corrected chi connectivity index (χ3v) is 11.8. The van der Waals surface area contributed by atoms with Crippen LogP contribution in [0.3, 0.4) is 0 Å². The van der Waals surface area contributed by atoms with Gasteiger partial charge in [-0.25, -0.2) is 19.2 Å². The smallest absolute Gasteiger partial charge is 0.354 e. The molecule has 0 saturated carbocycles. The maximum atomic E-state index is 11.3. The largest absolute Gasteiger partial charge is 0.506 e. The molecule has 0 aliphatic carbocycles. The van der Waals surface area contributed by atoms with Gasteiger partial charge in [0, 0.05) is 42.6 Å². The first kappa shape index (κ1) is 51.6. The highest BCUT2D eigenvalue weighted by Gasteiger charge is 2.19. The molecule has 4 heterocycles. The second-order valence-corrected chi connectivity index (χ2v) is 15.8. The number of phenolic OH excluding ortho intramolecular Hbond substituents is 2. The van der Waals surface area contributed by atoms with Crippen LogP contribution in [-0.2, 0) is 45.4 Å². The molecule has 68 heavy (non-hydrogen) atoms. The topological polar surface area (TPSA) is 324 Å². The van der Waals surface area contributed by atoms with Gasteiger partial charge in [0.05, 0.1) is 75.9 Å². The van der Waals surface area contributed by atoms with Crippen molar-refractivity contribution in [2.45, 2.75) is 26.4 Å². The zero-order valence-corrected chi connectivity index (χ0v) is 39.5. The average Bonchev–Trinajstić information content (AvgIpc) is 4.18. The van der Waals surface area contributed by atoms with Crippen LogP contribution in [0, 0.1) is 0 Å². The van der Waals surface area contributed by atoms with E-state index in [1.807, 2.05) is 6.07 Å². The van der Waals surface area contributed by atoms with Crippen LogP contribution in [0.15, 0.2) is 69.6 Å². The van der Waals surface area contributed by atoms with Crippen molar-refractivity contribution in [1.29, 1.82) is 0 Å². The Morgan fingerprint density at radius 1 is 0.485 bits per heavy atom. The molecule has 356 valence electrons. The summed E-state index contributed by atoms with van der Waals surface area (Å²) in [6, 6.07) is 16.3. The van der Waals surface area contributed by atoms with Crippen LogP contribution < -0.4 is 0 Å². The Morgan fingerprint density at radius 3 is 1.29 bits per heavy atom. The highest BCUT2D eigenvalue weighted by atomic mass is 79.9. The Kier molecular flexibility index (Phi) is 17.4. The van der Waals surface area contributed by atoms with Gasteiger partial charge in [-0.15, -0.1) is 0 Å². The molecule has 0 aliphatic rings. The third-order valence-electron chi connectivity index (χ3n) is 10.2. The van der Waals surface area contributed by atoms with Crippen molar-refractivity contribution in [3.8, 4) is 11.5 Å². The van der Waals surface area contributed by atoms with E-state index in [1.54, 1.807) is 36.4 Å². The quantitative estimate of drug-likeness (QED) is 0.0405. The fourth-order valence-corrected chi connectivity index (χ4v) is 7.62. The van der Waals surface area contributed by atoms with E-state index in [0.717, 1.165) is 26.3 Å². The van der Waals surface area contributed by atoms with Gasteiger partial charge in [0.2, 0.25) is 0 Å². The first-order chi connectivity index (χ1) is 32.5. The zero-order valence-electron chi connectivity index (χ0n) is 36.3. The van der Waals surface area contributed by atoms with Crippen LogP contribution in [0.1, 0.15) is 84.9 Å². The van der Waals surface area contributed by atoms with Gasteiger partial charge in [-0.3, -0.25) is 9.59 Å². The van der Waals surface area contributed by atoms with E-state index in [0.29, 0.717) is 72.4 Å². The fraction of sp³-hybridized carbons (Fsp3) is 0.174. The van der Waals surface area contributed by atoms with E-state index >= 15 is 0 Å². The summed E-state index contributed by atoms with van der Waals surface area (Å²) in [6.45, 7) is -0.875. The van der Waals surface area contributed by atoms with E-state index in [4.69, 9.17) is 20.4 Å². The second-order valence-electron chi connectivity index (χ2n) is 14.2. The Bertz CT molecular complexity index is 3200. The summed E-state index contributed by atoms with van der Waals surface area (Å²) in [7, 11) is 5.15. The molecule has 4 aromatic heterocycles. The van der Waals surface area contributed by atoms with E-state index < -0.39 is 23.9 Å². The number of aliphatic hydroxyl groups excluding tert-OH is 4. The number of aldehydes is 2. The lowest BCUT2D eigenvalue weighted by Gasteiger charge is -2.04. The van der Waals surface area contributed by atoms with Gasteiger partial charge < -0.3 is 69.5 Å². The first-order valence-corrected chi connectivity index (χ1v) is 21.2. The van der Waals surface area contributed by atoms with Gasteiger partial charge in [-0.05, 0) is 98.8 Å². The van der Waals surface area contributed by atoms with Crippen molar-refractivity contribution >= 4 is 112 Å². The van der Waals surface area contributed by atoms with E-state index in [-0.39, 0.29) is 60.4 Å². The Balaban J connectivity index is 0.000000170. The Morgan fingerprint density at radius 2 is 0.868 bits per heavy atom. The number of hydrogen-bond donors (Lipinski definition) is 10. The molecule has 0 amide bonds. The lowest BCUT2D eigenvalue weighted by molar-refractivity contribution is 0.0586. The number of ether oxygens (including phenoxy) is 4. The number of nitrogens with one attached hydrogen (secondary N) is 4. The number of phenols is 2. The molecule has 0 radical (unpaired) electrons. The van der Waals surface area contributed by atoms with Gasteiger partial charge in [-0.2, -0.15) is 0 Å². The molecule has 0 saturated heterocycles. The number of aromatic nitrogens is 4. The number of fused-ring (bicyclic) bond motifs is 4. The molecule has 20 nitrogen and oxygen atoms in total. The predicted molar refractivity (Wildman–Crippen MR) is 252 cm³/mol. The lowest BCUT2D eigenvalue weighted by Crippen LogP contribution is -2.00. The van der Waals surface area contributed by atoms with Crippen molar-refractivity contribution in [2.24, 2.45) is 0 Å². The molecule has 10 N–H and O–H groups in total. The molecule has 0 bridgehead atoms. The number of benzene rings is 4. The van der Waals surface area contributed by atoms with Gasteiger partial charge in [0.1, 0.15) is 40.6 Å². The van der Waals surface area contributed by atoms with E-state index in [9.17, 15) is 39.0 Å². The highest BCUT2D eigenvalue weighted by Crippen LogP contribution is 2.37. The number of methoxy groups -OCH3 is 4. The van der Waals surface area contributed by atoms with Crippen LogP contribution in [-0.4, -0.2) is 115 Å². The SMILES string of the molecule is COC(=O)c1cc2c(O)c(Br)c(CO)cc2[nH]1.COC(=O)c1cc2c(O)c(C=O)c(CO)cc2[nH]1.COC(=O)c1cc2cc(Br)c(CO)cc2[nH]1.COC(=O)c1cc2cc(C=O)c(CO)cc2[nH]1. The number of hydrogen-bond acceptors (Lipinski definition) is 16. The number of H-pyrrole nitrogens is 4. The number of aliphatic hydroxyl groups is 4. The molecule has 0 spiro atoms. The molecular weight excluding hydrogens is 1020 g/mol. The number of aromatic hydroxyl groups is 2. The van der Waals surface area contributed by atoms with Crippen molar-refractivity contribution in [1.82, 2.24) is 19.9 Å². The maximum absolute atomic E-state index is 11.3. The third kappa shape index (κ3) is 11.1. The molecule has 0 aliphatic heterocycles. The summed E-state index contributed by atoms with van der Waals surface area (Å²) >= 11 is 6.54. The Hall–Kier alpha value is -7.34. The van der Waals surface area contributed by atoms with E-state index in [2.05, 4.69) is 70.7 Å². The minimum Gasteiger partial charge on any atom is -0.506 e. The molecule has 4 aromatic carbocycles. The minimum atomic E-state index is -0.580. The van der Waals surface area contributed by atoms with Crippen molar-refractivity contribution < 1.29 is 78.4 Å². The number of aromatic amines is 4. The summed E-state index contributed by atoms with van der Waals surface area (Å²) < 4.78 is 19.6. The summed E-state index contributed by atoms with van der Waals surface area (Å²) in [4.78, 5) is 78.4. The van der Waals surface area contributed by atoms with Gasteiger partial charge >= 0.3 is 23.9 Å². The highest BCUT2D eigenvalue weighted by molar-refractivity contribution is 9.11. The van der Waals surface area contributed by atoms with Crippen molar-refractivity contribution in [3.05, 3.63) is 126 Å². The van der Waals surface area contributed by atoms with Crippen LogP contribution in [0.2, 0.25) is 0 Å². The standard InChI is InChI=1S/C12H11NO5.C12H11NO4.C11H10BrNO4.C11H10BrNO3/c1-18-12(17)10-3-7-9(13-10)2-6(4-14)8(5-15)11(7)16;1-17-12(16)11-3-7-2-8(5-14)9(6-15)4-10(7)13-11;1-17-11(16)8-3-6-7(13-8)2-5(4-14)9(12)10(6)15;1-16-11(15)10-3-6-2-8(12)7(5-14)4-9(6)13-10/h2-3,5,13-14,16H,4H2,1H3;2-5,13,15H,6H2,1H3;2-3,13-15H,4H2,1H3;2-4,13-14H,5H2,1H3. The first-order valence-electron chi connectivity index (χ1n) is 19.6. The summed E-state index contributed by atoms with van der Waals surface area (Å²) in [5.41, 5.74) is 6.16. The average molecular weight is 1070 g/mol.